The van der Waals surface area contributed by atoms with E-state index in [-0.39, 0.29) is 18.4 Å². The number of aliphatic hydroxyl groups is 2. The third-order valence-electron chi connectivity index (χ3n) is 8.80. The Morgan fingerprint density at radius 2 is 1.41 bits per heavy atom. The number of hydrogen-bond acceptors (Lipinski definition) is 6. The smallest absolute Gasteiger partial charge is 0.356 e. The van der Waals surface area contributed by atoms with Crippen LogP contribution in [0.25, 0.3) is 0 Å². The number of carbonyl (C=O) groups excluding carboxylic acids is 2. The second kappa shape index (κ2) is 15.5. The van der Waals surface area contributed by atoms with Crippen LogP contribution in [0.5, 0.6) is 0 Å². The lowest BCUT2D eigenvalue weighted by molar-refractivity contribution is -0.163. The summed E-state index contributed by atoms with van der Waals surface area (Å²) in [7, 11) is 0. The van der Waals surface area contributed by atoms with Gasteiger partial charge < -0.3 is 19.8 Å². The fourth-order valence-electron chi connectivity index (χ4n) is 6.43. The number of carbonyl (C=O) groups is 2. The lowest BCUT2D eigenvalue weighted by Crippen LogP contribution is -2.69. The first-order valence-electron chi connectivity index (χ1n) is 16.1. The maximum atomic E-state index is 14.6. The summed E-state index contributed by atoms with van der Waals surface area (Å²) in [4.78, 5) is 37.5. The molecule has 2 N–H and O–H groups in total. The number of hydrogen-bond donors (Lipinski definition) is 2. The van der Waals surface area contributed by atoms with Crippen LogP contribution < -0.4 is 15.9 Å². The second-order valence-electron chi connectivity index (χ2n) is 11.7. The van der Waals surface area contributed by atoms with Gasteiger partial charge in [-0.25, -0.2) is 9.79 Å². The zero-order valence-corrected chi connectivity index (χ0v) is 27.3. The molecule has 0 bridgehead atoms. The van der Waals surface area contributed by atoms with Crippen molar-refractivity contribution in [3.05, 3.63) is 104 Å². The molecule has 2 unspecified atom stereocenters. The molecular formula is C37H44N3O5P. The summed E-state index contributed by atoms with van der Waals surface area (Å²) in [6.45, 7) is 3.99. The van der Waals surface area contributed by atoms with Gasteiger partial charge in [-0.15, -0.1) is 0 Å². The number of amides is 1. The third-order valence-corrected chi connectivity index (χ3v) is 13.1. The molecule has 46 heavy (non-hydrogen) atoms. The van der Waals surface area contributed by atoms with Crippen molar-refractivity contribution in [3.8, 4) is 0 Å². The number of likely N-dealkylation sites (tertiary alicyclic amines) is 2. The molecule has 2 aliphatic heterocycles. The minimum Gasteiger partial charge on any atom is -0.457 e. The van der Waals surface area contributed by atoms with Crippen LogP contribution >= 0.6 is 6.89 Å². The van der Waals surface area contributed by atoms with Crippen molar-refractivity contribution in [1.29, 1.82) is 0 Å². The number of β-lactam (4-membered cyclic amide) rings is 1. The van der Waals surface area contributed by atoms with Gasteiger partial charge >= 0.3 is 5.97 Å². The number of rotatable bonds is 12. The van der Waals surface area contributed by atoms with Crippen molar-refractivity contribution in [2.45, 2.75) is 57.4 Å². The minimum atomic E-state index is -3.12. The Balaban J connectivity index is 1.84. The minimum absolute atomic E-state index is 0.0505. The number of nitrogens with zero attached hydrogens (tertiary/aromatic N) is 3. The van der Waals surface area contributed by atoms with Gasteiger partial charge in [0.2, 0.25) is 5.91 Å². The molecule has 4 atom stereocenters. The van der Waals surface area contributed by atoms with Gasteiger partial charge in [-0.1, -0.05) is 123 Å². The van der Waals surface area contributed by atoms with E-state index in [1.165, 1.54) is 11.0 Å². The number of benzene rings is 3. The van der Waals surface area contributed by atoms with Crippen molar-refractivity contribution in [1.82, 2.24) is 9.80 Å². The molecular weight excluding hydrogens is 597 g/mol. The summed E-state index contributed by atoms with van der Waals surface area (Å²) >= 11 is 0. The van der Waals surface area contributed by atoms with Crippen molar-refractivity contribution in [2.75, 3.05) is 19.7 Å². The maximum absolute atomic E-state index is 14.6. The molecule has 0 spiro atoms. The number of aliphatic imine (C=N–C) groups is 1. The van der Waals surface area contributed by atoms with E-state index in [9.17, 15) is 19.8 Å². The van der Waals surface area contributed by atoms with Crippen LogP contribution in [0.15, 0.2) is 109 Å². The molecule has 0 radical (unpaired) electrons. The van der Waals surface area contributed by atoms with Crippen LogP contribution in [0, 0.1) is 5.92 Å². The topological polar surface area (TPSA) is 103 Å². The Hall–Kier alpha value is -3.97. The average Bonchev–Trinajstić information content (AvgIpc) is 3.38. The number of aliphatic hydroxyl groups excluding tert-OH is 2. The number of esters is 1. The van der Waals surface area contributed by atoms with Crippen molar-refractivity contribution in [3.63, 3.8) is 0 Å². The first-order valence-corrected chi connectivity index (χ1v) is 17.9. The third kappa shape index (κ3) is 6.61. The fraction of sp³-hybridized carbons (Fsp3) is 0.351. The molecule has 2 saturated heterocycles. The Morgan fingerprint density at radius 1 is 0.913 bits per heavy atom. The summed E-state index contributed by atoms with van der Waals surface area (Å²) in [5.74, 6) is -2.17. The lowest BCUT2D eigenvalue weighted by Gasteiger charge is -2.49. The zero-order chi connectivity index (χ0) is 32.5. The first-order chi connectivity index (χ1) is 22.4. The van der Waals surface area contributed by atoms with E-state index < -0.39 is 43.1 Å². The molecule has 0 aliphatic carbocycles. The van der Waals surface area contributed by atoms with Crippen LogP contribution in [0.3, 0.4) is 0 Å². The largest absolute Gasteiger partial charge is 0.457 e. The molecule has 2 fully saturated rings. The van der Waals surface area contributed by atoms with E-state index in [1.807, 2.05) is 91.0 Å². The lowest BCUT2D eigenvalue weighted by atomic mass is 9.84. The van der Waals surface area contributed by atoms with Gasteiger partial charge in [0.25, 0.3) is 0 Å². The molecule has 5 rings (SSSR count). The molecule has 242 valence electrons. The van der Waals surface area contributed by atoms with Crippen LogP contribution in [0.1, 0.15) is 39.0 Å². The van der Waals surface area contributed by atoms with E-state index in [2.05, 4.69) is 11.5 Å². The summed E-state index contributed by atoms with van der Waals surface area (Å²) in [5, 5.41) is 24.6. The van der Waals surface area contributed by atoms with Gasteiger partial charge in [-0.05, 0) is 35.2 Å². The average molecular weight is 642 g/mol. The van der Waals surface area contributed by atoms with Crippen molar-refractivity contribution >= 4 is 46.4 Å². The molecule has 8 nitrogen and oxygen atoms in total. The van der Waals surface area contributed by atoms with Gasteiger partial charge in [-0.3, -0.25) is 9.69 Å². The van der Waals surface area contributed by atoms with E-state index in [1.54, 1.807) is 13.3 Å². The highest BCUT2D eigenvalue weighted by Crippen LogP contribution is 2.50. The molecule has 9 heteroatoms. The highest BCUT2D eigenvalue weighted by Gasteiger charge is 2.57. The molecule has 0 saturated carbocycles. The predicted molar refractivity (Wildman–Crippen MR) is 186 cm³/mol. The molecule has 3 aromatic carbocycles. The Morgan fingerprint density at radius 3 is 1.87 bits per heavy atom. The Kier molecular flexibility index (Phi) is 11.3. The van der Waals surface area contributed by atoms with Crippen molar-refractivity contribution in [2.24, 2.45) is 10.9 Å². The predicted octanol–water partition coefficient (Wildman–Crippen LogP) is 3.66. The monoisotopic (exact) mass is 641 g/mol. The van der Waals surface area contributed by atoms with Gasteiger partial charge in [-0.2, -0.15) is 0 Å². The van der Waals surface area contributed by atoms with Crippen LogP contribution in [-0.2, 0) is 14.3 Å². The van der Waals surface area contributed by atoms with Crippen LogP contribution in [0.2, 0.25) is 0 Å². The van der Waals surface area contributed by atoms with E-state index in [4.69, 9.17) is 9.73 Å². The highest BCUT2D eigenvalue weighted by molar-refractivity contribution is 7.96. The summed E-state index contributed by atoms with van der Waals surface area (Å²) < 4.78 is 5.82. The summed E-state index contributed by atoms with van der Waals surface area (Å²) in [6.07, 6.45) is 4.47. The Bertz CT molecular complexity index is 1450. The van der Waals surface area contributed by atoms with Gasteiger partial charge in [0, 0.05) is 20.0 Å². The molecule has 2 aliphatic rings. The molecule has 2 heterocycles. The maximum Gasteiger partial charge on any atom is 0.356 e. The van der Waals surface area contributed by atoms with E-state index >= 15 is 0 Å². The van der Waals surface area contributed by atoms with Gasteiger partial charge in [0.1, 0.15) is 24.1 Å². The molecule has 0 aromatic heterocycles. The fourth-order valence-corrected chi connectivity index (χ4v) is 10.8. The van der Waals surface area contributed by atoms with E-state index in [0.717, 1.165) is 54.7 Å². The Labute approximate surface area is 272 Å². The quantitative estimate of drug-likeness (QED) is 0.0782. The second-order valence-corrected chi connectivity index (χ2v) is 15.0. The number of ether oxygens (including phenoxy) is 1. The van der Waals surface area contributed by atoms with Gasteiger partial charge in [0.15, 0.2) is 0 Å². The SMILES string of the molecule is C=CCOC(=O)C(N1C(=O)[C@H](C(O)C(O)CC)[C@@H]1N=CN1CCCCCC1)=P(c1ccccc1)(c1ccccc1)c1ccccc1. The van der Waals surface area contributed by atoms with E-state index in [0.29, 0.717) is 0 Å². The van der Waals surface area contributed by atoms with Crippen LogP contribution in [-0.4, -0.2) is 81.7 Å². The standard InChI is InChI=1S/C37H44N3O5P/c1-3-26-45-37(44)36(40-34(32(35(40)43)33(42)31(41)4-2)38-27-39-24-16-5-6-17-25-39)46(28-18-10-7-11-19-28,29-20-12-8-13-21-29)30-22-14-9-15-23-30/h3,7-15,18-23,27,31-34,41-42H,1,4-6,16-17,24-26H2,2H3/t31?,32-,33?,34-/m1/s1. The summed E-state index contributed by atoms with van der Waals surface area (Å²) in [5.41, 5.74) is 0.176. The molecule has 1 amide bonds. The normalized spacial score (nSPS) is 20.0. The van der Waals surface area contributed by atoms with Gasteiger partial charge in [0.05, 0.1) is 18.5 Å². The van der Waals surface area contributed by atoms with Crippen LogP contribution in [0.4, 0.5) is 0 Å². The van der Waals surface area contributed by atoms with Crippen molar-refractivity contribution < 1.29 is 24.5 Å². The highest BCUT2D eigenvalue weighted by atomic mass is 31.2. The zero-order valence-electron chi connectivity index (χ0n) is 26.4. The molecule has 3 aromatic rings. The summed E-state index contributed by atoms with van der Waals surface area (Å²) in [6, 6.07) is 29.3. The first kappa shape index (κ1) is 33.4.